The van der Waals surface area contributed by atoms with Crippen LogP contribution in [-0.2, 0) is 16.8 Å². The first-order valence-corrected chi connectivity index (χ1v) is 10.2. The Labute approximate surface area is 165 Å². The van der Waals surface area contributed by atoms with Gasteiger partial charge in [0.15, 0.2) is 11.5 Å². The molecular formula is C23H26FN3O. The Kier molecular flexibility index (Phi) is 3.54. The van der Waals surface area contributed by atoms with Crippen molar-refractivity contribution in [3.63, 3.8) is 0 Å². The highest BCUT2D eigenvalue weighted by atomic mass is 19.1. The second-order valence-corrected chi connectivity index (χ2v) is 9.33. The standard InChI is InChI=1S/C23H26FN3O/c1-21(24)9-11-22(12-10-21)14-17-8-7-16(6-5-15-3-4-15)13-18(17)23(22)19(28)27(2)20(25)26-23/h7-8,13,15H,3-4,9-12,14H2,1-2H3,(H2,25,26). The lowest BCUT2D eigenvalue weighted by molar-refractivity contribution is -0.137. The highest BCUT2D eigenvalue weighted by molar-refractivity contribution is 6.08. The zero-order valence-electron chi connectivity index (χ0n) is 16.5. The molecule has 0 aromatic heterocycles. The van der Waals surface area contributed by atoms with Crippen LogP contribution in [0.15, 0.2) is 23.2 Å². The van der Waals surface area contributed by atoms with Gasteiger partial charge in [-0.3, -0.25) is 9.69 Å². The van der Waals surface area contributed by atoms with E-state index in [-0.39, 0.29) is 11.9 Å². The molecule has 1 aromatic carbocycles. The molecular weight excluding hydrogens is 353 g/mol. The van der Waals surface area contributed by atoms with Crippen LogP contribution < -0.4 is 5.73 Å². The summed E-state index contributed by atoms with van der Waals surface area (Å²) in [7, 11) is 1.68. The third-order valence-corrected chi connectivity index (χ3v) is 7.28. The monoisotopic (exact) mass is 379 g/mol. The van der Waals surface area contributed by atoms with E-state index in [9.17, 15) is 9.18 Å². The van der Waals surface area contributed by atoms with Crippen molar-refractivity contribution in [2.45, 2.75) is 63.1 Å². The van der Waals surface area contributed by atoms with E-state index in [1.807, 2.05) is 12.1 Å². The summed E-state index contributed by atoms with van der Waals surface area (Å²) < 4.78 is 14.6. The molecule has 3 aliphatic carbocycles. The number of fused-ring (bicyclic) bond motifs is 3. The number of benzene rings is 1. The van der Waals surface area contributed by atoms with Gasteiger partial charge in [0.2, 0.25) is 0 Å². The van der Waals surface area contributed by atoms with Gasteiger partial charge in [0.05, 0.1) is 0 Å². The van der Waals surface area contributed by atoms with E-state index in [0.717, 1.165) is 23.1 Å². The van der Waals surface area contributed by atoms with Gasteiger partial charge in [0, 0.05) is 23.9 Å². The Morgan fingerprint density at radius 1 is 1.25 bits per heavy atom. The van der Waals surface area contributed by atoms with E-state index in [1.165, 1.54) is 17.7 Å². The average Bonchev–Trinajstić information content (AvgIpc) is 3.42. The van der Waals surface area contributed by atoms with Gasteiger partial charge in [-0.1, -0.05) is 17.9 Å². The number of halogens is 1. The molecule has 1 aliphatic heterocycles. The van der Waals surface area contributed by atoms with Crippen molar-refractivity contribution >= 4 is 11.9 Å². The van der Waals surface area contributed by atoms with Crippen LogP contribution in [0.4, 0.5) is 4.39 Å². The van der Waals surface area contributed by atoms with Gasteiger partial charge in [0.25, 0.3) is 5.91 Å². The number of nitrogens with two attached hydrogens (primary N) is 1. The topological polar surface area (TPSA) is 58.7 Å². The molecule has 4 aliphatic rings. The van der Waals surface area contributed by atoms with Crippen LogP contribution in [0.3, 0.4) is 0 Å². The van der Waals surface area contributed by atoms with Gasteiger partial charge in [-0.05, 0) is 75.1 Å². The van der Waals surface area contributed by atoms with Crippen molar-refractivity contribution in [1.29, 1.82) is 0 Å². The van der Waals surface area contributed by atoms with Gasteiger partial charge >= 0.3 is 0 Å². The summed E-state index contributed by atoms with van der Waals surface area (Å²) in [6, 6.07) is 6.17. The van der Waals surface area contributed by atoms with Crippen molar-refractivity contribution in [1.82, 2.24) is 4.90 Å². The molecule has 5 heteroatoms. The number of hydrogen-bond acceptors (Lipinski definition) is 3. The molecule has 0 bridgehead atoms. The minimum Gasteiger partial charge on any atom is -0.369 e. The van der Waals surface area contributed by atoms with Gasteiger partial charge < -0.3 is 5.73 Å². The van der Waals surface area contributed by atoms with Crippen molar-refractivity contribution in [2.24, 2.45) is 22.1 Å². The Bertz CT molecular complexity index is 956. The SMILES string of the molecule is CN1C(=O)C2(N=C1N)c1cc(C#CC3CC3)ccc1CC21CCC(C)(F)CC1. The van der Waals surface area contributed by atoms with Crippen molar-refractivity contribution < 1.29 is 9.18 Å². The number of rotatable bonds is 0. The number of hydrogen-bond donors (Lipinski definition) is 1. The number of carbonyl (C=O) groups excluding carboxylic acids is 1. The summed E-state index contributed by atoms with van der Waals surface area (Å²) in [5, 5.41) is 0. The van der Waals surface area contributed by atoms with Crippen LogP contribution in [0.5, 0.6) is 0 Å². The van der Waals surface area contributed by atoms with Crippen LogP contribution >= 0.6 is 0 Å². The zero-order valence-corrected chi connectivity index (χ0v) is 16.5. The molecule has 1 heterocycles. The Morgan fingerprint density at radius 2 is 1.96 bits per heavy atom. The third-order valence-electron chi connectivity index (χ3n) is 7.28. The first-order valence-electron chi connectivity index (χ1n) is 10.2. The molecule has 1 aromatic rings. The number of carbonyl (C=O) groups is 1. The van der Waals surface area contributed by atoms with Gasteiger partial charge in [0.1, 0.15) is 5.67 Å². The van der Waals surface area contributed by atoms with E-state index in [4.69, 9.17) is 10.7 Å². The number of guanidine groups is 1. The van der Waals surface area contributed by atoms with Gasteiger partial charge in [-0.15, -0.1) is 0 Å². The molecule has 28 heavy (non-hydrogen) atoms. The molecule has 2 saturated carbocycles. The predicted molar refractivity (Wildman–Crippen MR) is 106 cm³/mol. The van der Waals surface area contributed by atoms with E-state index in [2.05, 4.69) is 17.9 Å². The number of likely N-dealkylation sites (N-methyl/N-ethyl adjacent to an activating group) is 1. The zero-order chi connectivity index (χ0) is 19.7. The van der Waals surface area contributed by atoms with E-state index < -0.39 is 16.6 Å². The van der Waals surface area contributed by atoms with Crippen LogP contribution in [-0.4, -0.2) is 29.5 Å². The maximum absolute atomic E-state index is 14.6. The number of aliphatic imine (C=N–C) groups is 1. The van der Waals surface area contributed by atoms with E-state index in [1.54, 1.807) is 14.0 Å². The Morgan fingerprint density at radius 3 is 2.57 bits per heavy atom. The molecule has 0 radical (unpaired) electrons. The summed E-state index contributed by atoms with van der Waals surface area (Å²) in [6.45, 7) is 1.67. The quantitative estimate of drug-likeness (QED) is 0.704. The molecule has 1 atom stereocenters. The van der Waals surface area contributed by atoms with E-state index in [0.29, 0.717) is 31.6 Å². The lowest BCUT2D eigenvalue weighted by Crippen LogP contribution is -2.52. The average molecular weight is 379 g/mol. The fraction of sp³-hybridized carbons (Fsp3) is 0.565. The number of amides is 1. The van der Waals surface area contributed by atoms with E-state index >= 15 is 0 Å². The fourth-order valence-electron chi connectivity index (χ4n) is 5.29. The van der Waals surface area contributed by atoms with Crippen LogP contribution in [0.25, 0.3) is 0 Å². The highest BCUT2D eigenvalue weighted by Gasteiger charge is 2.66. The second-order valence-electron chi connectivity index (χ2n) is 9.33. The normalized spacial score (nSPS) is 36.5. The summed E-state index contributed by atoms with van der Waals surface area (Å²) in [5.74, 6) is 7.25. The lowest BCUT2D eigenvalue weighted by atomic mass is 9.59. The Hall–Kier alpha value is -2.35. The van der Waals surface area contributed by atoms with Crippen LogP contribution in [0.2, 0.25) is 0 Å². The predicted octanol–water partition coefficient (Wildman–Crippen LogP) is 3.27. The highest BCUT2D eigenvalue weighted by Crippen LogP contribution is 2.62. The smallest absolute Gasteiger partial charge is 0.262 e. The molecule has 2 spiro atoms. The number of alkyl halides is 1. The first kappa shape index (κ1) is 17.7. The lowest BCUT2D eigenvalue weighted by Gasteiger charge is -2.46. The summed E-state index contributed by atoms with van der Waals surface area (Å²) in [4.78, 5) is 19.8. The maximum Gasteiger partial charge on any atom is 0.262 e. The van der Waals surface area contributed by atoms with Crippen molar-refractivity contribution in [3.8, 4) is 11.8 Å². The van der Waals surface area contributed by atoms with Crippen LogP contribution in [0.1, 0.15) is 62.1 Å². The summed E-state index contributed by atoms with van der Waals surface area (Å²) in [6.07, 6.45) is 5.26. The molecule has 2 fully saturated rings. The van der Waals surface area contributed by atoms with Gasteiger partial charge in [-0.2, -0.15) is 0 Å². The third kappa shape index (κ3) is 2.36. The van der Waals surface area contributed by atoms with Crippen molar-refractivity contribution in [2.75, 3.05) is 7.05 Å². The minimum atomic E-state index is -1.18. The molecule has 0 saturated heterocycles. The second kappa shape index (κ2) is 5.59. The molecule has 5 rings (SSSR count). The van der Waals surface area contributed by atoms with Gasteiger partial charge in [-0.25, -0.2) is 9.38 Å². The largest absolute Gasteiger partial charge is 0.369 e. The molecule has 4 nitrogen and oxygen atoms in total. The van der Waals surface area contributed by atoms with Crippen LogP contribution in [0, 0.1) is 23.2 Å². The maximum atomic E-state index is 14.6. The van der Waals surface area contributed by atoms with Crippen molar-refractivity contribution in [3.05, 3.63) is 34.9 Å². The first-order chi connectivity index (χ1) is 13.3. The number of nitrogens with zero attached hydrogens (tertiary/aromatic N) is 2. The minimum absolute atomic E-state index is 0.0847. The molecule has 2 N–H and O–H groups in total. The molecule has 1 unspecified atom stereocenters. The Balaban J connectivity index is 1.65. The summed E-state index contributed by atoms with van der Waals surface area (Å²) >= 11 is 0. The molecule has 146 valence electrons. The summed E-state index contributed by atoms with van der Waals surface area (Å²) in [5.41, 5.74) is 6.48. The molecule has 1 amide bonds. The fourth-order valence-corrected chi connectivity index (χ4v) is 5.29.